The van der Waals surface area contributed by atoms with Crippen LogP contribution >= 0.6 is 0 Å². The maximum Gasteiger partial charge on any atom is 0.281 e. The monoisotopic (exact) mass is 234 g/mol. The van der Waals surface area contributed by atoms with Crippen LogP contribution in [0.2, 0.25) is 0 Å². The second kappa shape index (κ2) is 4.37. The highest BCUT2D eigenvalue weighted by molar-refractivity contribution is 7.86. The first-order chi connectivity index (χ1) is 7.14. The number of nitrogens with zero attached hydrogens (tertiary/aromatic N) is 2. The van der Waals surface area contributed by atoms with Crippen molar-refractivity contribution in [2.24, 2.45) is 5.92 Å². The molecule has 2 aliphatic heterocycles. The minimum Gasteiger partial charge on any atom is -0.396 e. The van der Waals surface area contributed by atoms with Gasteiger partial charge in [-0.1, -0.05) is 0 Å². The van der Waals surface area contributed by atoms with Crippen molar-refractivity contribution in [3.63, 3.8) is 0 Å². The summed E-state index contributed by atoms with van der Waals surface area (Å²) in [4.78, 5) is 0. The highest BCUT2D eigenvalue weighted by atomic mass is 32.2. The predicted octanol–water partition coefficient (Wildman–Crippen LogP) is -0.359. The average Bonchev–Trinajstić information content (AvgIpc) is 2.89. The molecule has 1 atom stereocenters. The van der Waals surface area contributed by atoms with E-state index in [1.807, 2.05) is 0 Å². The van der Waals surface area contributed by atoms with E-state index in [0.717, 1.165) is 19.3 Å². The van der Waals surface area contributed by atoms with Gasteiger partial charge in [0.15, 0.2) is 0 Å². The second-order valence-corrected chi connectivity index (χ2v) is 6.24. The van der Waals surface area contributed by atoms with Crippen molar-refractivity contribution in [2.45, 2.75) is 19.3 Å². The fourth-order valence-electron chi connectivity index (χ4n) is 2.24. The maximum absolute atomic E-state index is 12.1. The molecule has 0 radical (unpaired) electrons. The molecule has 0 spiro atoms. The Labute approximate surface area is 90.9 Å². The van der Waals surface area contributed by atoms with E-state index < -0.39 is 10.2 Å². The summed E-state index contributed by atoms with van der Waals surface area (Å²) in [6.45, 7) is 2.44. The lowest BCUT2D eigenvalue weighted by atomic mass is 10.1. The van der Waals surface area contributed by atoms with Gasteiger partial charge in [0.1, 0.15) is 0 Å². The van der Waals surface area contributed by atoms with Gasteiger partial charge in [-0.05, 0) is 25.2 Å². The van der Waals surface area contributed by atoms with Crippen molar-refractivity contribution in [3.05, 3.63) is 0 Å². The van der Waals surface area contributed by atoms with E-state index >= 15 is 0 Å². The molecule has 1 N–H and O–H groups in total. The fourth-order valence-corrected chi connectivity index (χ4v) is 4.02. The molecule has 0 amide bonds. The lowest BCUT2D eigenvalue weighted by Gasteiger charge is -2.23. The molecule has 0 aromatic rings. The Morgan fingerprint density at radius 1 is 1.13 bits per heavy atom. The Hall–Kier alpha value is -0.170. The summed E-state index contributed by atoms with van der Waals surface area (Å²) in [5.74, 6) is 0.127. The third-order valence-electron chi connectivity index (χ3n) is 3.22. The topological polar surface area (TPSA) is 60.9 Å². The van der Waals surface area contributed by atoms with Crippen molar-refractivity contribution in [1.82, 2.24) is 8.61 Å². The van der Waals surface area contributed by atoms with Gasteiger partial charge in [0.05, 0.1) is 0 Å². The van der Waals surface area contributed by atoms with E-state index in [-0.39, 0.29) is 12.5 Å². The largest absolute Gasteiger partial charge is 0.396 e. The molecule has 88 valence electrons. The molecular formula is C9H18N2O3S. The summed E-state index contributed by atoms with van der Waals surface area (Å²) in [6.07, 6.45) is 2.72. The SMILES string of the molecule is O=S(=O)(N1CCCC1)N1CCC(CO)C1. The van der Waals surface area contributed by atoms with E-state index in [1.54, 1.807) is 4.31 Å². The zero-order valence-corrected chi connectivity index (χ0v) is 9.62. The Morgan fingerprint density at radius 3 is 2.33 bits per heavy atom. The van der Waals surface area contributed by atoms with Gasteiger partial charge in [0, 0.05) is 32.8 Å². The van der Waals surface area contributed by atoms with Gasteiger partial charge in [-0.2, -0.15) is 17.0 Å². The van der Waals surface area contributed by atoms with Gasteiger partial charge in [-0.3, -0.25) is 0 Å². The van der Waals surface area contributed by atoms with Crippen LogP contribution in [0, 0.1) is 5.92 Å². The van der Waals surface area contributed by atoms with Crippen LogP contribution in [0.4, 0.5) is 0 Å². The first kappa shape index (κ1) is 11.3. The molecule has 0 aromatic heterocycles. The van der Waals surface area contributed by atoms with Crippen molar-refractivity contribution < 1.29 is 13.5 Å². The van der Waals surface area contributed by atoms with Gasteiger partial charge in [-0.15, -0.1) is 0 Å². The fraction of sp³-hybridized carbons (Fsp3) is 1.00. The molecule has 2 aliphatic rings. The predicted molar refractivity (Wildman–Crippen MR) is 56.5 cm³/mol. The molecule has 2 fully saturated rings. The van der Waals surface area contributed by atoms with E-state index in [1.165, 1.54) is 4.31 Å². The van der Waals surface area contributed by atoms with Crippen molar-refractivity contribution in [2.75, 3.05) is 32.8 Å². The normalized spacial score (nSPS) is 30.1. The summed E-state index contributed by atoms with van der Waals surface area (Å²) in [5, 5.41) is 8.98. The van der Waals surface area contributed by atoms with Gasteiger partial charge < -0.3 is 5.11 Å². The molecule has 15 heavy (non-hydrogen) atoms. The van der Waals surface area contributed by atoms with Gasteiger partial charge in [0.25, 0.3) is 10.2 Å². The van der Waals surface area contributed by atoms with Crippen molar-refractivity contribution in [1.29, 1.82) is 0 Å². The van der Waals surface area contributed by atoms with Gasteiger partial charge in [0.2, 0.25) is 0 Å². The van der Waals surface area contributed by atoms with Crippen molar-refractivity contribution in [3.8, 4) is 0 Å². The molecule has 0 aliphatic carbocycles. The highest BCUT2D eigenvalue weighted by Gasteiger charge is 2.36. The number of hydrogen-bond donors (Lipinski definition) is 1. The van der Waals surface area contributed by atoms with E-state index in [4.69, 9.17) is 5.11 Å². The van der Waals surface area contributed by atoms with Crippen LogP contribution in [0.25, 0.3) is 0 Å². The molecule has 2 rings (SSSR count). The third-order valence-corrected chi connectivity index (χ3v) is 5.23. The maximum atomic E-state index is 12.1. The first-order valence-electron chi connectivity index (χ1n) is 5.50. The second-order valence-electron chi connectivity index (χ2n) is 4.31. The molecular weight excluding hydrogens is 216 g/mol. The Bertz CT molecular complexity index is 311. The minimum absolute atomic E-state index is 0.0893. The Morgan fingerprint density at radius 2 is 1.80 bits per heavy atom. The molecule has 0 aromatic carbocycles. The zero-order chi connectivity index (χ0) is 10.9. The average molecular weight is 234 g/mol. The van der Waals surface area contributed by atoms with Crippen LogP contribution in [-0.4, -0.2) is 54.9 Å². The van der Waals surface area contributed by atoms with Crippen LogP contribution < -0.4 is 0 Å². The van der Waals surface area contributed by atoms with Crippen molar-refractivity contribution >= 4 is 10.2 Å². The lowest BCUT2D eigenvalue weighted by Crippen LogP contribution is -2.41. The third kappa shape index (κ3) is 2.18. The summed E-state index contributed by atoms with van der Waals surface area (Å²) in [5.41, 5.74) is 0. The van der Waals surface area contributed by atoms with E-state index in [0.29, 0.717) is 26.2 Å². The molecule has 2 saturated heterocycles. The number of aliphatic hydroxyl groups is 1. The van der Waals surface area contributed by atoms with Crippen LogP contribution in [0.3, 0.4) is 0 Å². The standard InChI is InChI=1S/C9H18N2O3S/c12-8-9-3-6-11(7-9)15(13,14)10-4-1-2-5-10/h9,12H,1-8H2. The molecule has 0 saturated carbocycles. The van der Waals surface area contributed by atoms with Gasteiger partial charge >= 0.3 is 0 Å². The molecule has 0 bridgehead atoms. The number of rotatable bonds is 3. The molecule has 6 heteroatoms. The summed E-state index contributed by atoms with van der Waals surface area (Å²) in [6, 6.07) is 0. The summed E-state index contributed by atoms with van der Waals surface area (Å²) in [7, 11) is -3.23. The summed E-state index contributed by atoms with van der Waals surface area (Å²) < 4.78 is 27.2. The van der Waals surface area contributed by atoms with Gasteiger partial charge in [-0.25, -0.2) is 0 Å². The molecule has 5 nitrogen and oxygen atoms in total. The first-order valence-corrected chi connectivity index (χ1v) is 6.90. The number of hydrogen-bond acceptors (Lipinski definition) is 3. The van der Waals surface area contributed by atoms with Crippen LogP contribution in [-0.2, 0) is 10.2 Å². The van der Waals surface area contributed by atoms with Crippen LogP contribution in [0.5, 0.6) is 0 Å². The highest BCUT2D eigenvalue weighted by Crippen LogP contribution is 2.23. The number of aliphatic hydroxyl groups excluding tert-OH is 1. The summed E-state index contributed by atoms with van der Waals surface area (Å²) >= 11 is 0. The molecule has 2 heterocycles. The van der Waals surface area contributed by atoms with E-state index in [2.05, 4.69) is 0 Å². The lowest BCUT2D eigenvalue weighted by molar-refractivity contribution is 0.232. The van der Waals surface area contributed by atoms with Crippen LogP contribution in [0.1, 0.15) is 19.3 Å². The zero-order valence-electron chi connectivity index (χ0n) is 8.80. The van der Waals surface area contributed by atoms with E-state index in [9.17, 15) is 8.42 Å². The van der Waals surface area contributed by atoms with Crippen LogP contribution in [0.15, 0.2) is 0 Å². The Balaban J connectivity index is 2.03. The quantitative estimate of drug-likeness (QED) is 0.725. The molecule has 1 unspecified atom stereocenters. The minimum atomic E-state index is -3.23. The smallest absolute Gasteiger partial charge is 0.281 e. The Kier molecular flexibility index (Phi) is 3.30.